The van der Waals surface area contributed by atoms with Crippen LogP contribution >= 0.6 is 0 Å². The van der Waals surface area contributed by atoms with Crippen LogP contribution in [0.25, 0.3) is 0 Å². The van der Waals surface area contributed by atoms with Crippen molar-refractivity contribution in [3.63, 3.8) is 0 Å². The minimum Gasteiger partial charge on any atom is -0.396 e. The topological polar surface area (TPSA) is 90.3 Å². The molecule has 196 valence electrons. The summed E-state index contributed by atoms with van der Waals surface area (Å²) in [7, 11) is 0. The van der Waals surface area contributed by atoms with Gasteiger partial charge in [-0.25, -0.2) is 0 Å². The molecule has 1 fully saturated rings. The molecule has 5 heteroatoms. The normalized spacial score (nSPS) is 23.1. The van der Waals surface area contributed by atoms with Gasteiger partial charge in [0.25, 0.3) is 0 Å². The maximum absolute atomic E-state index is 11.8. The van der Waals surface area contributed by atoms with E-state index in [-0.39, 0.29) is 30.7 Å². The highest BCUT2D eigenvalue weighted by molar-refractivity contribution is 5.81. The summed E-state index contributed by atoms with van der Waals surface area (Å²) < 4.78 is 5.78. The van der Waals surface area contributed by atoms with Crippen LogP contribution < -0.4 is 0 Å². The molecule has 0 radical (unpaired) electrons. The van der Waals surface area contributed by atoms with Crippen LogP contribution in [0, 0.1) is 29.6 Å². The van der Waals surface area contributed by atoms with Gasteiger partial charge in [0.05, 0.1) is 12.2 Å². The van der Waals surface area contributed by atoms with Crippen molar-refractivity contribution in [1.82, 2.24) is 0 Å². The van der Waals surface area contributed by atoms with E-state index in [2.05, 4.69) is 20.8 Å². The Morgan fingerprint density at radius 3 is 2.15 bits per heavy atom. The average Bonchev–Trinajstić information content (AvgIpc) is 3.52. The van der Waals surface area contributed by atoms with Crippen LogP contribution in [0.3, 0.4) is 0 Å². The van der Waals surface area contributed by atoms with Crippen LogP contribution in [0.5, 0.6) is 0 Å². The standard InChI is InChI=1S/C28H54O5/c1-7-25(30)24(6)27-26(33-27)19-21(3)13-11-12-20(2)18-22(4)15-16-28(31,32)23(5)14-9-8-10-17-29/h20-24,26-27,29,31-32H,7-19H2,1-6H3. The third-order valence-corrected chi connectivity index (χ3v) is 7.89. The molecular formula is C28H54O5. The first-order chi connectivity index (χ1) is 15.5. The molecule has 0 aromatic heterocycles. The lowest BCUT2D eigenvalue weighted by Gasteiger charge is -2.30. The Morgan fingerprint density at radius 1 is 0.879 bits per heavy atom. The molecule has 0 bridgehead atoms. The molecule has 7 atom stereocenters. The SMILES string of the molecule is CCC(=O)C(C)C1OC1CC(C)CCCC(C)CC(C)CCC(O)(O)C(C)CCCCCO. The molecule has 1 heterocycles. The summed E-state index contributed by atoms with van der Waals surface area (Å²) >= 11 is 0. The lowest BCUT2D eigenvalue weighted by Crippen LogP contribution is -2.36. The van der Waals surface area contributed by atoms with Gasteiger partial charge in [0.2, 0.25) is 0 Å². The van der Waals surface area contributed by atoms with Gasteiger partial charge in [-0.2, -0.15) is 0 Å². The molecule has 7 unspecified atom stereocenters. The molecule has 0 saturated carbocycles. The van der Waals surface area contributed by atoms with Crippen molar-refractivity contribution in [2.75, 3.05) is 6.61 Å². The molecule has 1 aliphatic heterocycles. The molecule has 1 saturated heterocycles. The summed E-state index contributed by atoms with van der Waals surface area (Å²) in [6, 6.07) is 0. The van der Waals surface area contributed by atoms with E-state index in [0.717, 1.165) is 44.9 Å². The van der Waals surface area contributed by atoms with Gasteiger partial charge in [-0.1, -0.05) is 73.6 Å². The number of hydrogen-bond acceptors (Lipinski definition) is 5. The number of epoxide rings is 1. The predicted octanol–water partition coefficient (Wildman–Crippen LogP) is 5.88. The van der Waals surface area contributed by atoms with Crippen LogP contribution in [0.15, 0.2) is 0 Å². The largest absolute Gasteiger partial charge is 0.396 e. The number of ketones is 1. The molecular weight excluding hydrogens is 416 g/mol. The predicted molar refractivity (Wildman–Crippen MR) is 135 cm³/mol. The third-order valence-electron chi connectivity index (χ3n) is 7.89. The second-order valence-electron chi connectivity index (χ2n) is 11.4. The number of carbonyl (C=O) groups is 1. The van der Waals surface area contributed by atoms with Crippen molar-refractivity contribution in [2.45, 2.75) is 137 Å². The highest BCUT2D eigenvalue weighted by Gasteiger charge is 2.45. The summed E-state index contributed by atoms with van der Waals surface area (Å²) in [5.74, 6) is 0.369. The van der Waals surface area contributed by atoms with Crippen molar-refractivity contribution >= 4 is 5.78 Å². The Balaban J connectivity index is 2.17. The molecule has 0 spiro atoms. The third kappa shape index (κ3) is 12.2. The van der Waals surface area contributed by atoms with Gasteiger partial charge in [-0.3, -0.25) is 4.79 Å². The Morgan fingerprint density at radius 2 is 1.52 bits per heavy atom. The molecule has 0 aromatic rings. The minimum atomic E-state index is -1.59. The van der Waals surface area contributed by atoms with Crippen LogP contribution in [-0.4, -0.2) is 45.7 Å². The number of aliphatic hydroxyl groups is 3. The second kappa shape index (κ2) is 15.5. The van der Waals surface area contributed by atoms with Gasteiger partial charge < -0.3 is 20.1 Å². The molecule has 3 N–H and O–H groups in total. The van der Waals surface area contributed by atoms with E-state index in [1.54, 1.807) is 0 Å². The summed E-state index contributed by atoms with van der Waals surface area (Å²) in [6.07, 6.45) is 11.5. The van der Waals surface area contributed by atoms with Crippen LogP contribution in [0.4, 0.5) is 0 Å². The molecule has 5 nitrogen and oxygen atoms in total. The number of aliphatic hydroxyl groups excluding tert-OH is 1. The van der Waals surface area contributed by atoms with Crippen molar-refractivity contribution < 1.29 is 24.9 Å². The zero-order valence-corrected chi connectivity index (χ0v) is 22.4. The number of rotatable bonds is 20. The van der Waals surface area contributed by atoms with Crippen LogP contribution in [-0.2, 0) is 9.53 Å². The summed E-state index contributed by atoms with van der Waals surface area (Å²) in [4.78, 5) is 11.8. The van der Waals surface area contributed by atoms with E-state index < -0.39 is 5.79 Å². The zero-order valence-electron chi connectivity index (χ0n) is 22.4. The fraction of sp³-hybridized carbons (Fsp3) is 0.964. The first-order valence-electron chi connectivity index (χ1n) is 13.7. The van der Waals surface area contributed by atoms with Gasteiger partial charge in [-0.15, -0.1) is 0 Å². The van der Waals surface area contributed by atoms with E-state index in [0.29, 0.717) is 36.4 Å². The molecule has 0 aromatic carbocycles. The summed E-state index contributed by atoms with van der Waals surface area (Å²) in [5, 5.41) is 29.8. The maximum atomic E-state index is 11.8. The van der Waals surface area contributed by atoms with Crippen molar-refractivity contribution in [3.05, 3.63) is 0 Å². The lowest BCUT2D eigenvalue weighted by atomic mass is 9.85. The van der Waals surface area contributed by atoms with Gasteiger partial charge in [-0.05, 0) is 49.9 Å². The smallest absolute Gasteiger partial charge is 0.165 e. The highest BCUT2D eigenvalue weighted by atomic mass is 16.6. The Hall–Kier alpha value is -0.490. The Kier molecular flexibility index (Phi) is 14.3. The monoisotopic (exact) mass is 470 g/mol. The Bertz CT molecular complexity index is 534. The summed E-state index contributed by atoms with van der Waals surface area (Å²) in [6.45, 7) is 12.9. The number of carbonyl (C=O) groups excluding carboxylic acids is 1. The van der Waals surface area contributed by atoms with Crippen LogP contribution in [0.2, 0.25) is 0 Å². The molecule has 0 aliphatic carbocycles. The molecule has 33 heavy (non-hydrogen) atoms. The van der Waals surface area contributed by atoms with Gasteiger partial charge in [0.15, 0.2) is 5.79 Å². The van der Waals surface area contributed by atoms with Gasteiger partial charge in [0.1, 0.15) is 5.78 Å². The fourth-order valence-electron chi connectivity index (χ4n) is 5.22. The zero-order chi connectivity index (χ0) is 25.0. The first-order valence-corrected chi connectivity index (χ1v) is 13.7. The number of ether oxygens (including phenoxy) is 1. The van der Waals surface area contributed by atoms with E-state index in [4.69, 9.17) is 9.84 Å². The van der Waals surface area contributed by atoms with Gasteiger partial charge in [0, 0.05) is 31.3 Å². The quantitative estimate of drug-likeness (QED) is 0.117. The van der Waals surface area contributed by atoms with E-state index >= 15 is 0 Å². The van der Waals surface area contributed by atoms with Gasteiger partial charge >= 0.3 is 0 Å². The fourth-order valence-corrected chi connectivity index (χ4v) is 5.22. The molecule has 1 rings (SSSR count). The number of Topliss-reactive ketones (excluding diaryl/α,β-unsaturated/α-hetero) is 1. The van der Waals surface area contributed by atoms with Crippen LogP contribution in [0.1, 0.15) is 119 Å². The van der Waals surface area contributed by atoms with Crippen molar-refractivity contribution in [1.29, 1.82) is 0 Å². The summed E-state index contributed by atoms with van der Waals surface area (Å²) in [5.41, 5.74) is 0. The lowest BCUT2D eigenvalue weighted by molar-refractivity contribution is -0.204. The minimum absolute atomic E-state index is 0.0412. The second-order valence-corrected chi connectivity index (χ2v) is 11.4. The number of hydrogen-bond donors (Lipinski definition) is 3. The maximum Gasteiger partial charge on any atom is 0.165 e. The Labute approximate surface area is 203 Å². The average molecular weight is 471 g/mol. The highest BCUT2D eigenvalue weighted by Crippen LogP contribution is 2.36. The van der Waals surface area contributed by atoms with E-state index in [9.17, 15) is 15.0 Å². The van der Waals surface area contributed by atoms with Crippen molar-refractivity contribution in [2.24, 2.45) is 29.6 Å². The molecule has 0 amide bonds. The first kappa shape index (κ1) is 30.5. The van der Waals surface area contributed by atoms with E-state index in [1.165, 1.54) is 19.3 Å². The number of unbranched alkanes of at least 4 members (excludes halogenated alkanes) is 2. The molecule has 1 aliphatic rings. The van der Waals surface area contributed by atoms with Crippen molar-refractivity contribution in [3.8, 4) is 0 Å². The van der Waals surface area contributed by atoms with E-state index in [1.807, 2.05) is 20.8 Å².